The van der Waals surface area contributed by atoms with Crippen molar-refractivity contribution in [1.29, 1.82) is 0 Å². The normalized spacial score (nSPS) is 35.0. The van der Waals surface area contributed by atoms with E-state index in [1.807, 2.05) is 0 Å². The summed E-state index contributed by atoms with van der Waals surface area (Å²) in [5.74, 6) is 2.92. The fourth-order valence-electron chi connectivity index (χ4n) is 6.23. The van der Waals surface area contributed by atoms with E-state index < -0.39 is 5.63 Å². The van der Waals surface area contributed by atoms with Crippen molar-refractivity contribution < 1.29 is 9.21 Å². The summed E-state index contributed by atoms with van der Waals surface area (Å²) in [6.07, 6.45) is 8.01. The highest BCUT2D eigenvalue weighted by Crippen LogP contribution is 2.61. The molecule has 0 aromatic carbocycles. The second-order valence-electron chi connectivity index (χ2n) is 8.65. The molecule has 4 saturated carbocycles. The molecule has 0 unspecified atom stereocenters. The molecule has 4 heteroatoms. The fourth-order valence-corrected chi connectivity index (χ4v) is 6.23. The van der Waals surface area contributed by atoms with Crippen molar-refractivity contribution in [1.82, 2.24) is 5.32 Å². The van der Waals surface area contributed by atoms with Crippen LogP contribution in [0.15, 0.2) is 15.3 Å². The summed E-state index contributed by atoms with van der Waals surface area (Å²) in [5.41, 5.74) is 1.10. The summed E-state index contributed by atoms with van der Waals surface area (Å²) in [6.45, 7) is 5.67. The van der Waals surface area contributed by atoms with Gasteiger partial charge < -0.3 is 9.73 Å². The van der Waals surface area contributed by atoms with Gasteiger partial charge in [0.05, 0.1) is 5.56 Å². The first kappa shape index (κ1) is 15.9. The first-order valence-electron chi connectivity index (χ1n) is 9.28. The Morgan fingerprint density at radius 2 is 1.71 bits per heavy atom. The maximum Gasteiger partial charge on any atom is 0.336 e. The molecule has 24 heavy (non-hydrogen) atoms. The molecule has 0 aliphatic heterocycles. The van der Waals surface area contributed by atoms with Crippen LogP contribution in [0.1, 0.15) is 67.1 Å². The summed E-state index contributed by atoms with van der Waals surface area (Å²) in [5, 5.41) is 3.25. The minimum Gasteiger partial charge on any atom is -0.427 e. The highest BCUT2D eigenvalue weighted by Gasteiger charge is 2.53. The van der Waals surface area contributed by atoms with Crippen LogP contribution in [-0.2, 0) is 0 Å². The Hall–Kier alpha value is -1.58. The van der Waals surface area contributed by atoms with E-state index in [0.29, 0.717) is 16.9 Å². The van der Waals surface area contributed by atoms with E-state index >= 15 is 0 Å². The average Bonchev–Trinajstić information content (AvgIpc) is 2.44. The highest BCUT2D eigenvalue weighted by molar-refractivity contribution is 5.96. The third-order valence-electron chi connectivity index (χ3n) is 6.91. The van der Waals surface area contributed by atoms with Crippen LogP contribution in [0.5, 0.6) is 0 Å². The molecule has 1 N–H and O–H groups in total. The summed E-state index contributed by atoms with van der Waals surface area (Å²) >= 11 is 0. The topological polar surface area (TPSA) is 59.3 Å². The van der Waals surface area contributed by atoms with Gasteiger partial charge in [0, 0.05) is 12.1 Å². The summed E-state index contributed by atoms with van der Waals surface area (Å²) < 4.78 is 5.12. The van der Waals surface area contributed by atoms with Gasteiger partial charge >= 0.3 is 5.63 Å². The van der Waals surface area contributed by atoms with Crippen molar-refractivity contribution in [2.24, 2.45) is 23.2 Å². The number of rotatable bonds is 3. The number of amides is 1. The lowest BCUT2D eigenvalue weighted by Gasteiger charge is -2.59. The third kappa shape index (κ3) is 2.51. The molecule has 0 spiro atoms. The lowest BCUT2D eigenvalue weighted by Crippen LogP contribution is -2.55. The number of carbonyl (C=O) groups is 1. The maximum absolute atomic E-state index is 12.8. The molecule has 4 bridgehead atoms. The Labute approximate surface area is 143 Å². The molecule has 4 nitrogen and oxygen atoms in total. The molecule has 1 atom stereocenters. The second-order valence-corrected chi connectivity index (χ2v) is 8.65. The molecule has 4 aliphatic rings. The highest BCUT2D eigenvalue weighted by atomic mass is 16.4. The Kier molecular flexibility index (Phi) is 3.63. The van der Waals surface area contributed by atoms with Crippen LogP contribution in [0, 0.1) is 37.0 Å². The number of hydrogen-bond acceptors (Lipinski definition) is 3. The van der Waals surface area contributed by atoms with E-state index in [9.17, 15) is 9.59 Å². The van der Waals surface area contributed by atoms with E-state index in [2.05, 4.69) is 12.2 Å². The van der Waals surface area contributed by atoms with Gasteiger partial charge in [-0.2, -0.15) is 0 Å². The SMILES string of the molecule is Cc1cc(=O)oc(C)c1C(=O)N[C@@H](C)C12CC3CC(CC(C3)C1)C2. The standard InChI is InChI=1S/C20H27NO3/c1-11-4-17(22)24-12(2)18(11)19(23)21-13(3)20-8-14-5-15(9-20)7-16(6-14)10-20/h4,13-16H,5-10H2,1-3H3,(H,21,23)/t13-,14?,15?,16?,20?/m0/s1. The molecule has 4 fully saturated rings. The van der Waals surface area contributed by atoms with Crippen molar-refractivity contribution >= 4 is 5.91 Å². The maximum atomic E-state index is 12.8. The van der Waals surface area contributed by atoms with Crippen LogP contribution in [0.3, 0.4) is 0 Å². The fraction of sp³-hybridized carbons (Fsp3) is 0.700. The number of hydrogen-bond donors (Lipinski definition) is 1. The first-order chi connectivity index (χ1) is 11.4. The second kappa shape index (κ2) is 5.47. The zero-order valence-electron chi connectivity index (χ0n) is 14.9. The molecular weight excluding hydrogens is 302 g/mol. The van der Waals surface area contributed by atoms with Crippen LogP contribution in [-0.4, -0.2) is 11.9 Å². The Bertz CT molecular complexity index is 671. The smallest absolute Gasteiger partial charge is 0.336 e. The van der Waals surface area contributed by atoms with Gasteiger partial charge in [-0.05, 0) is 88.0 Å². The molecule has 1 heterocycles. The first-order valence-corrected chi connectivity index (χ1v) is 9.28. The largest absolute Gasteiger partial charge is 0.427 e. The Morgan fingerprint density at radius 1 is 1.17 bits per heavy atom. The quantitative estimate of drug-likeness (QED) is 0.922. The van der Waals surface area contributed by atoms with Gasteiger partial charge in [-0.25, -0.2) is 4.79 Å². The van der Waals surface area contributed by atoms with Gasteiger partial charge in [0.25, 0.3) is 5.91 Å². The predicted molar refractivity (Wildman–Crippen MR) is 92.0 cm³/mol. The molecule has 1 aromatic rings. The van der Waals surface area contributed by atoms with Crippen LogP contribution in [0.2, 0.25) is 0 Å². The van der Waals surface area contributed by atoms with Gasteiger partial charge in [0.1, 0.15) is 5.76 Å². The van der Waals surface area contributed by atoms with Crippen LogP contribution < -0.4 is 10.9 Å². The van der Waals surface area contributed by atoms with Crippen molar-refractivity contribution in [2.45, 2.75) is 65.3 Å². The zero-order valence-corrected chi connectivity index (χ0v) is 14.9. The zero-order chi connectivity index (χ0) is 17.1. The third-order valence-corrected chi connectivity index (χ3v) is 6.91. The summed E-state index contributed by atoms with van der Waals surface area (Å²) in [6, 6.07) is 1.57. The summed E-state index contributed by atoms with van der Waals surface area (Å²) in [4.78, 5) is 24.3. The number of nitrogens with one attached hydrogen (secondary N) is 1. The van der Waals surface area contributed by atoms with Crippen molar-refractivity contribution in [3.05, 3.63) is 33.4 Å². The van der Waals surface area contributed by atoms with Gasteiger partial charge in [0.15, 0.2) is 0 Å². The van der Waals surface area contributed by atoms with Gasteiger partial charge in [-0.1, -0.05) is 0 Å². The minimum atomic E-state index is -0.393. The molecular formula is C20H27NO3. The lowest BCUT2D eigenvalue weighted by atomic mass is 9.48. The van der Waals surface area contributed by atoms with E-state index in [1.54, 1.807) is 13.8 Å². The van der Waals surface area contributed by atoms with Crippen molar-refractivity contribution in [3.63, 3.8) is 0 Å². The van der Waals surface area contributed by atoms with E-state index in [0.717, 1.165) is 17.8 Å². The number of carbonyl (C=O) groups excluding carboxylic acids is 1. The van der Waals surface area contributed by atoms with E-state index in [1.165, 1.54) is 44.6 Å². The van der Waals surface area contributed by atoms with Gasteiger partial charge in [-0.15, -0.1) is 0 Å². The molecule has 4 aliphatic carbocycles. The minimum absolute atomic E-state index is 0.100. The molecule has 1 aromatic heterocycles. The van der Waals surface area contributed by atoms with Crippen LogP contribution >= 0.6 is 0 Å². The molecule has 0 radical (unpaired) electrons. The van der Waals surface area contributed by atoms with Gasteiger partial charge in [-0.3, -0.25) is 4.79 Å². The molecule has 130 valence electrons. The van der Waals surface area contributed by atoms with Crippen molar-refractivity contribution in [3.8, 4) is 0 Å². The predicted octanol–water partition coefficient (Wildman–Crippen LogP) is 3.59. The average molecular weight is 329 g/mol. The van der Waals surface area contributed by atoms with Crippen LogP contribution in [0.4, 0.5) is 0 Å². The van der Waals surface area contributed by atoms with E-state index in [4.69, 9.17) is 4.42 Å². The van der Waals surface area contributed by atoms with Crippen LogP contribution in [0.25, 0.3) is 0 Å². The monoisotopic (exact) mass is 329 g/mol. The molecule has 5 rings (SSSR count). The molecule has 0 saturated heterocycles. The Balaban J connectivity index is 1.55. The lowest BCUT2D eigenvalue weighted by molar-refractivity contribution is -0.0688. The number of aryl methyl sites for hydroxylation is 2. The van der Waals surface area contributed by atoms with Crippen molar-refractivity contribution in [2.75, 3.05) is 0 Å². The Morgan fingerprint density at radius 3 is 2.21 bits per heavy atom. The summed E-state index contributed by atoms with van der Waals surface area (Å²) in [7, 11) is 0. The van der Waals surface area contributed by atoms with Gasteiger partial charge in [0.2, 0.25) is 0 Å². The van der Waals surface area contributed by atoms with E-state index in [-0.39, 0.29) is 17.4 Å². The molecule has 1 amide bonds.